The van der Waals surface area contributed by atoms with Gasteiger partial charge in [-0.15, -0.1) is 0 Å². The van der Waals surface area contributed by atoms with E-state index in [1.54, 1.807) is 0 Å². The lowest BCUT2D eigenvalue weighted by atomic mass is 9.82. The average molecular weight is 308 g/mol. The van der Waals surface area contributed by atoms with Gasteiger partial charge < -0.3 is 15.4 Å². The molecule has 3 rings (SSSR count). The molecule has 114 valence electrons. The number of nitrogens with two attached hydrogens (primary N) is 1. The minimum atomic E-state index is -0.0950. The van der Waals surface area contributed by atoms with Crippen molar-refractivity contribution in [1.82, 2.24) is 0 Å². The van der Waals surface area contributed by atoms with Crippen LogP contribution < -0.4 is 10.6 Å². The molecule has 21 heavy (non-hydrogen) atoms. The molecule has 0 aromatic heterocycles. The van der Waals surface area contributed by atoms with Crippen LogP contribution in [0, 0.1) is 5.92 Å². The molecule has 1 aromatic carbocycles. The molecule has 2 aliphatic rings. The van der Waals surface area contributed by atoms with E-state index in [1.165, 1.54) is 0 Å². The van der Waals surface area contributed by atoms with Crippen LogP contribution in [0.5, 0.6) is 0 Å². The Bertz CT molecular complexity index is 560. The van der Waals surface area contributed by atoms with Gasteiger partial charge >= 0.3 is 0 Å². The fraction of sp³-hybridized carbons (Fsp3) is 0.562. The monoisotopic (exact) mass is 307 g/mol. The van der Waals surface area contributed by atoms with Crippen molar-refractivity contribution < 1.29 is 4.74 Å². The Morgan fingerprint density at radius 2 is 2.19 bits per heavy atom. The molecule has 2 N–H and O–H groups in total. The van der Waals surface area contributed by atoms with Crippen molar-refractivity contribution in [3.63, 3.8) is 0 Å². The summed E-state index contributed by atoms with van der Waals surface area (Å²) in [6.45, 7) is 5.86. The van der Waals surface area contributed by atoms with Crippen LogP contribution in [0.25, 0.3) is 0 Å². The molecule has 2 aliphatic heterocycles. The van der Waals surface area contributed by atoms with E-state index in [0.717, 1.165) is 31.7 Å². The van der Waals surface area contributed by atoms with Crippen LogP contribution in [0.1, 0.15) is 26.7 Å². The first-order chi connectivity index (χ1) is 10.0. The van der Waals surface area contributed by atoms with Crippen LogP contribution in [-0.2, 0) is 4.74 Å². The number of ether oxygens (including phenoxy) is 1. The van der Waals surface area contributed by atoms with Crippen LogP contribution in [0.15, 0.2) is 29.3 Å². The minimum Gasteiger partial charge on any atom is -0.378 e. The molecule has 1 spiro atoms. The fourth-order valence-corrected chi connectivity index (χ4v) is 3.56. The highest BCUT2D eigenvalue weighted by Gasteiger charge is 2.47. The Labute approximate surface area is 130 Å². The third-order valence-electron chi connectivity index (χ3n) is 4.56. The van der Waals surface area contributed by atoms with Crippen LogP contribution in [0.4, 0.5) is 5.69 Å². The van der Waals surface area contributed by atoms with Gasteiger partial charge in [0.15, 0.2) is 5.96 Å². The average Bonchev–Trinajstić information content (AvgIpc) is 2.76. The van der Waals surface area contributed by atoms with Crippen molar-refractivity contribution in [2.24, 2.45) is 16.6 Å². The molecule has 0 radical (unpaired) electrons. The van der Waals surface area contributed by atoms with E-state index in [-0.39, 0.29) is 11.6 Å². The second kappa shape index (κ2) is 5.50. The summed E-state index contributed by atoms with van der Waals surface area (Å²) in [6, 6.07) is 7.83. The lowest BCUT2D eigenvalue weighted by Crippen LogP contribution is -2.57. The van der Waals surface area contributed by atoms with Crippen LogP contribution >= 0.6 is 11.6 Å². The third-order valence-corrected chi connectivity index (χ3v) is 4.88. The molecule has 0 aliphatic carbocycles. The highest BCUT2D eigenvalue weighted by molar-refractivity contribution is 6.34. The summed E-state index contributed by atoms with van der Waals surface area (Å²) < 4.78 is 5.92. The zero-order chi connectivity index (χ0) is 15.0. The van der Waals surface area contributed by atoms with Gasteiger partial charge in [-0.05, 0) is 30.9 Å². The number of benzene rings is 1. The van der Waals surface area contributed by atoms with Crippen molar-refractivity contribution in [1.29, 1.82) is 0 Å². The van der Waals surface area contributed by atoms with Gasteiger partial charge in [0.05, 0.1) is 28.9 Å². The molecule has 4 nitrogen and oxygen atoms in total. The number of nitrogens with zero attached hydrogens (tertiary/aromatic N) is 2. The third kappa shape index (κ3) is 2.51. The number of aliphatic imine (C=N–C) groups is 1. The van der Waals surface area contributed by atoms with E-state index in [2.05, 4.69) is 23.7 Å². The smallest absolute Gasteiger partial charge is 0.196 e. The molecular formula is C16H22ClN3O. The summed E-state index contributed by atoms with van der Waals surface area (Å²) in [5, 5.41) is 0.713. The molecule has 1 aromatic rings. The number of rotatable bonds is 2. The van der Waals surface area contributed by atoms with E-state index in [1.807, 2.05) is 24.3 Å². The van der Waals surface area contributed by atoms with Crippen molar-refractivity contribution in [3.8, 4) is 0 Å². The predicted molar refractivity (Wildman–Crippen MR) is 87.0 cm³/mol. The summed E-state index contributed by atoms with van der Waals surface area (Å²) in [6.07, 6.45) is 2.09. The normalized spacial score (nSPS) is 29.2. The topological polar surface area (TPSA) is 50.9 Å². The lowest BCUT2D eigenvalue weighted by Gasteiger charge is -2.45. The number of anilines is 1. The zero-order valence-corrected chi connectivity index (χ0v) is 13.3. The number of guanidine groups is 1. The van der Waals surface area contributed by atoms with Gasteiger partial charge in [0.2, 0.25) is 0 Å². The number of halogens is 1. The van der Waals surface area contributed by atoms with Gasteiger partial charge in [-0.25, -0.2) is 0 Å². The predicted octanol–water partition coefficient (Wildman–Crippen LogP) is 3.05. The van der Waals surface area contributed by atoms with E-state index in [9.17, 15) is 0 Å². The molecule has 2 atom stereocenters. The molecule has 5 heteroatoms. The van der Waals surface area contributed by atoms with Gasteiger partial charge in [-0.3, -0.25) is 4.99 Å². The van der Waals surface area contributed by atoms with Crippen molar-refractivity contribution in [2.75, 3.05) is 18.1 Å². The molecule has 2 heterocycles. The summed E-state index contributed by atoms with van der Waals surface area (Å²) in [5.74, 6) is 1.05. The number of hydrogen-bond donors (Lipinski definition) is 1. The zero-order valence-electron chi connectivity index (χ0n) is 12.6. The lowest BCUT2D eigenvalue weighted by molar-refractivity contribution is -0.0380. The SMILES string of the molecule is CC(C)C1CC2(CCO1)CN=C(N)N2c1ccccc1Cl. The maximum atomic E-state index is 6.39. The van der Waals surface area contributed by atoms with Gasteiger partial charge in [0.25, 0.3) is 0 Å². The first-order valence-electron chi connectivity index (χ1n) is 7.50. The molecular weight excluding hydrogens is 286 g/mol. The summed E-state index contributed by atoms with van der Waals surface area (Å²) in [4.78, 5) is 6.64. The molecule has 0 bridgehead atoms. The van der Waals surface area contributed by atoms with Gasteiger partial charge in [-0.1, -0.05) is 37.6 Å². The molecule has 1 fully saturated rings. The number of hydrogen-bond acceptors (Lipinski definition) is 4. The maximum absolute atomic E-state index is 6.39. The molecule has 0 saturated carbocycles. The van der Waals surface area contributed by atoms with Crippen LogP contribution in [-0.4, -0.2) is 30.8 Å². The largest absolute Gasteiger partial charge is 0.378 e. The second-order valence-corrected chi connectivity index (χ2v) is 6.70. The summed E-state index contributed by atoms with van der Waals surface area (Å²) in [5.41, 5.74) is 7.04. The Hall–Kier alpha value is -1.26. The highest BCUT2D eigenvalue weighted by atomic mass is 35.5. The molecule has 0 amide bonds. The molecule has 1 saturated heterocycles. The van der Waals surface area contributed by atoms with Crippen molar-refractivity contribution >= 4 is 23.2 Å². The van der Waals surface area contributed by atoms with Gasteiger partial charge in [0.1, 0.15) is 0 Å². The Balaban J connectivity index is 1.97. The number of para-hydroxylation sites is 1. The fourth-order valence-electron chi connectivity index (χ4n) is 3.34. The van der Waals surface area contributed by atoms with E-state index in [0.29, 0.717) is 16.9 Å². The first-order valence-corrected chi connectivity index (χ1v) is 7.87. The van der Waals surface area contributed by atoms with Gasteiger partial charge in [-0.2, -0.15) is 0 Å². The Kier molecular flexibility index (Phi) is 3.84. The summed E-state index contributed by atoms with van der Waals surface area (Å²) >= 11 is 6.39. The van der Waals surface area contributed by atoms with Gasteiger partial charge in [0, 0.05) is 6.61 Å². The Morgan fingerprint density at radius 3 is 2.90 bits per heavy atom. The summed E-state index contributed by atoms with van der Waals surface area (Å²) in [7, 11) is 0. The van der Waals surface area contributed by atoms with Crippen LogP contribution in [0.2, 0.25) is 5.02 Å². The minimum absolute atomic E-state index is 0.0950. The van der Waals surface area contributed by atoms with E-state index < -0.39 is 0 Å². The maximum Gasteiger partial charge on any atom is 0.196 e. The first kappa shape index (κ1) is 14.7. The Morgan fingerprint density at radius 1 is 1.43 bits per heavy atom. The van der Waals surface area contributed by atoms with Crippen LogP contribution in [0.3, 0.4) is 0 Å². The quantitative estimate of drug-likeness (QED) is 0.913. The van der Waals surface area contributed by atoms with Crippen molar-refractivity contribution in [3.05, 3.63) is 29.3 Å². The van der Waals surface area contributed by atoms with E-state index >= 15 is 0 Å². The van der Waals surface area contributed by atoms with Crippen molar-refractivity contribution in [2.45, 2.75) is 38.3 Å². The highest BCUT2D eigenvalue weighted by Crippen LogP contribution is 2.41. The van der Waals surface area contributed by atoms with E-state index in [4.69, 9.17) is 22.1 Å². The second-order valence-electron chi connectivity index (χ2n) is 6.29. The molecule has 2 unspecified atom stereocenters. The standard InChI is InChI=1S/C16H22ClN3O/c1-11(2)14-9-16(7-8-21-14)10-19-15(18)20(16)13-6-4-3-5-12(13)17/h3-6,11,14H,7-10H2,1-2H3,(H2,18,19).